The SMILES string of the molecule is CC(C)(N)C(C)(C)C(=O)NCC(O)CO. The van der Waals surface area contributed by atoms with Crippen LogP contribution in [0.3, 0.4) is 0 Å². The summed E-state index contributed by atoms with van der Waals surface area (Å²) in [7, 11) is 0. The third-order valence-electron chi connectivity index (χ3n) is 2.89. The Morgan fingerprint density at radius 3 is 2.20 bits per heavy atom. The Balaban J connectivity index is 4.33. The molecule has 0 aromatic heterocycles. The second kappa shape index (κ2) is 4.92. The quantitative estimate of drug-likeness (QED) is 0.487. The minimum Gasteiger partial charge on any atom is -0.394 e. The summed E-state index contributed by atoms with van der Waals surface area (Å²) in [6.07, 6.45) is -0.925. The van der Waals surface area contributed by atoms with Crippen LogP contribution in [0.2, 0.25) is 0 Å². The van der Waals surface area contributed by atoms with E-state index in [1.54, 1.807) is 27.7 Å². The van der Waals surface area contributed by atoms with E-state index in [9.17, 15) is 4.79 Å². The van der Waals surface area contributed by atoms with Gasteiger partial charge < -0.3 is 21.3 Å². The van der Waals surface area contributed by atoms with Gasteiger partial charge in [0.05, 0.1) is 18.1 Å². The van der Waals surface area contributed by atoms with Crippen molar-refractivity contribution in [1.29, 1.82) is 0 Å². The molecule has 1 atom stereocenters. The predicted molar refractivity (Wildman–Crippen MR) is 58.1 cm³/mol. The van der Waals surface area contributed by atoms with Gasteiger partial charge in [-0.05, 0) is 27.7 Å². The standard InChI is InChI=1S/C10H22N2O3/c1-9(2,10(3,4)11)8(15)12-5-7(14)6-13/h7,13-14H,5-6,11H2,1-4H3,(H,12,15). The van der Waals surface area contributed by atoms with Gasteiger partial charge in [0.15, 0.2) is 0 Å². The molecule has 15 heavy (non-hydrogen) atoms. The molecule has 0 aromatic rings. The minimum absolute atomic E-state index is 0.0366. The molecule has 5 N–H and O–H groups in total. The van der Waals surface area contributed by atoms with Crippen LogP contribution >= 0.6 is 0 Å². The maximum absolute atomic E-state index is 11.7. The molecule has 5 nitrogen and oxygen atoms in total. The van der Waals surface area contributed by atoms with Gasteiger partial charge in [-0.25, -0.2) is 0 Å². The Labute approximate surface area is 90.7 Å². The Bertz CT molecular complexity index is 221. The maximum atomic E-state index is 11.7. The lowest BCUT2D eigenvalue weighted by atomic mass is 9.74. The number of amides is 1. The predicted octanol–water partition coefficient (Wildman–Crippen LogP) is -0.781. The molecule has 0 heterocycles. The summed E-state index contributed by atoms with van der Waals surface area (Å²) in [6, 6.07) is 0. The number of rotatable bonds is 5. The summed E-state index contributed by atoms with van der Waals surface area (Å²) in [6.45, 7) is 6.70. The van der Waals surface area contributed by atoms with Gasteiger partial charge in [-0.1, -0.05) is 0 Å². The van der Waals surface area contributed by atoms with Crippen LogP contribution in [-0.2, 0) is 4.79 Å². The van der Waals surface area contributed by atoms with E-state index in [1.807, 2.05) is 0 Å². The number of carbonyl (C=O) groups is 1. The van der Waals surface area contributed by atoms with Crippen molar-refractivity contribution >= 4 is 5.91 Å². The van der Waals surface area contributed by atoms with E-state index in [0.29, 0.717) is 0 Å². The first-order chi connectivity index (χ1) is 6.63. The molecule has 0 saturated heterocycles. The van der Waals surface area contributed by atoms with Crippen LogP contribution in [0.4, 0.5) is 0 Å². The van der Waals surface area contributed by atoms with Crippen LogP contribution in [0.25, 0.3) is 0 Å². The van der Waals surface area contributed by atoms with Crippen LogP contribution in [-0.4, -0.2) is 40.9 Å². The number of aliphatic hydroxyl groups is 2. The topological polar surface area (TPSA) is 95.6 Å². The van der Waals surface area contributed by atoms with Crippen molar-refractivity contribution in [1.82, 2.24) is 5.32 Å². The second-order valence-corrected chi connectivity index (χ2v) is 4.89. The molecule has 1 amide bonds. The van der Waals surface area contributed by atoms with Gasteiger partial charge in [-0.3, -0.25) is 4.79 Å². The average Bonchev–Trinajstić information content (AvgIpc) is 2.11. The fourth-order valence-corrected chi connectivity index (χ4v) is 0.789. The summed E-state index contributed by atoms with van der Waals surface area (Å²) < 4.78 is 0. The third kappa shape index (κ3) is 3.77. The summed E-state index contributed by atoms with van der Waals surface area (Å²) in [5, 5.41) is 20.2. The van der Waals surface area contributed by atoms with Gasteiger partial charge in [-0.2, -0.15) is 0 Å². The monoisotopic (exact) mass is 218 g/mol. The van der Waals surface area contributed by atoms with E-state index < -0.39 is 17.1 Å². The molecule has 1 unspecified atom stereocenters. The minimum atomic E-state index is -0.925. The van der Waals surface area contributed by atoms with Crippen molar-refractivity contribution in [3.63, 3.8) is 0 Å². The lowest BCUT2D eigenvalue weighted by Gasteiger charge is -2.37. The van der Waals surface area contributed by atoms with Crippen molar-refractivity contribution in [2.45, 2.75) is 39.3 Å². The van der Waals surface area contributed by atoms with Gasteiger partial charge in [0.1, 0.15) is 0 Å². The highest BCUT2D eigenvalue weighted by Gasteiger charge is 2.40. The van der Waals surface area contributed by atoms with Crippen LogP contribution in [0.15, 0.2) is 0 Å². The summed E-state index contributed by atoms with van der Waals surface area (Å²) in [5.41, 5.74) is 4.49. The van der Waals surface area contributed by atoms with Crippen LogP contribution in [0.1, 0.15) is 27.7 Å². The van der Waals surface area contributed by atoms with Crippen LogP contribution in [0, 0.1) is 5.41 Å². The molecule has 0 aromatic carbocycles. The molecule has 5 heteroatoms. The normalized spacial score (nSPS) is 14.9. The van der Waals surface area contributed by atoms with Crippen molar-refractivity contribution < 1.29 is 15.0 Å². The smallest absolute Gasteiger partial charge is 0.227 e. The van der Waals surface area contributed by atoms with Gasteiger partial charge in [-0.15, -0.1) is 0 Å². The van der Waals surface area contributed by atoms with Gasteiger partial charge in [0, 0.05) is 12.1 Å². The summed E-state index contributed by atoms with van der Waals surface area (Å²) in [4.78, 5) is 11.7. The summed E-state index contributed by atoms with van der Waals surface area (Å²) >= 11 is 0. The first kappa shape index (κ1) is 14.3. The molecule has 0 fully saturated rings. The number of hydrogen-bond donors (Lipinski definition) is 4. The van der Waals surface area contributed by atoms with Crippen LogP contribution < -0.4 is 11.1 Å². The Kier molecular flexibility index (Phi) is 4.70. The molecular formula is C10H22N2O3. The number of nitrogens with one attached hydrogen (secondary N) is 1. The van der Waals surface area contributed by atoms with Crippen molar-refractivity contribution in [2.75, 3.05) is 13.2 Å². The van der Waals surface area contributed by atoms with E-state index >= 15 is 0 Å². The first-order valence-electron chi connectivity index (χ1n) is 4.99. The molecule has 0 aliphatic carbocycles. The molecule has 90 valence electrons. The lowest BCUT2D eigenvalue weighted by Crippen LogP contribution is -2.56. The average molecular weight is 218 g/mol. The van der Waals surface area contributed by atoms with Crippen molar-refractivity contribution in [3.8, 4) is 0 Å². The fraction of sp³-hybridized carbons (Fsp3) is 0.900. The zero-order valence-electron chi connectivity index (χ0n) is 9.87. The Morgan fingerprint density at radius 1 is 1.40 bits per heavy atom. The number of nitrogens with two attached hydrogens (primary N) is 1. The molecular weight excluding hydrogens is 196 g/mol. The zero-order chi connectivity index (χ0) is 12.3. The second-order valence-electron chi connectivity index (χ2n) is 4.89. The van der Waals surface area contributed by atoms with Gasteiger partial charge in [0.25, 0.3) is 0 Å². The highest BCUT2D eigenvalue weighted by molar-refractivity contribution is 5.83. The van der Waals surface area contributed by atoms with E-state index in [2.05, 4.69) is 5.32 Å². The highest BCUT2D eigenvalue weighted by Crippen LogP contribution is 2.28. The maximum Gasteiger partial charge on any atom is 0.227 e. The van der Waals surface area contributed by atoms with Crippen molar-refractivity contribution in [2.24, 2.45) is 11.1 Å². The summed E-state index contributed by atoms with van der Waals surface area (Å²) in [5.74, 6) is -0.234. The van der Waals surface area contributed by atoms with E-state index in [4.69, 9.17) is 15.9 Å². The van der Waals surface area contributed by atoms with Gasteiger partial charge >= 0.3 is 0 Å². The number of carbonyl (C=O) groups excluding carboxylic acids is 1. The number of aliphatic hydroxyl groups excluding tert-OH is 2. The molecule has 0 radical (unpaired) electrons. The van der Waals surface area contributed by atoms with E-state index in [-0.39, 0.29) is 19.1 Å². The van der Waals surface area contributed by atoms with Gasteiger partial charge in [0.2, 0.25) is 5.91 Å². The molecule has 0 bridgehead atoms. The Morgan fingerprint density at radius 2 is 1.87 bits per heavy atom. The molecule has 0 rings (SSSR count). The van der Waals surface area contributed by atoms with Crippen LogP contribution in [0.5, 0.6) is 0 Å². The van der Waals surface area contributed by atoms with Crippen molar-refractivity contribution in [3.05, 3.63) is 0 Å². The largest absolute Gasteiger partial charge is 0.394 e. The highest BCUT2D eigenvalue weighted by atomic mass is 16.3. The molecule has 0 saturated carbocycles. The van der Waals surface area contributed by atoms with E-state index in [0.717, 1.165) is 0 Å². The molecule has 0 spiro atoms. The zero-order valence-corrected chi connectivity index (χ0v) is 9.87. The lowest BCUT2D eigenvalue weighted by molar-refractivity contribution is -0.132. The number of hydrogen-bond acceptors (Lipinski definition) is 4. The molecule has 0 aliphatic rings. The first-order valence-corrected chi connectivity index (χ1v) is 4.99. The molecule has 0 aliphatic heterocycles. The Hall–Kier alpha value is -0.650. The van der Waals surface area contributed by atoms with E-state index in [1.165, 1.54) is 0 Å². The fourth-order valence-electron chi connectivity index (χ4n) is 0.789. The third-order valence-corrected chi connectivity index (χ3v) is 2.89.